The summed E-state index contributed by atoms with van der Waals surface area (Å²) in [5.41, 5.74) is 2.88. The summed E-state index contributed by atoms with van der Waals surface area (Å²) in [6, 6.07) is 13.6. The van der Waals surface area contributed by atoms with Crippen LogP contribution >= 0.6 is 34.8 Å². The van der Waals surface area contributed by atoms with Crippen molar-refractivity contribution in [1.29, 1.82) is 0 Å². The van der Waals surface area contributed by atoms with Gasteiger partial charge in [-0.15, -0.1) is 0 Å². The zero-order valence-electron chi connectivity index (χ0n) is 15.7. The minimum Gasteiger partial charge on any atom is -0.359 e. The molecule has 5 nitrogen and oxygen atoms in total. The number of aromatic nitrogens is 4. The largest absolute Gasteiger partial charge is 0.359 e. The highest BCUT2D eigenvalue weighted by Gasteiger charge is 2.17. The van der Waals surface area contributed by atoms with E-state index in [1.165, 1.54) is 6.07 Å². The van der Waals surface area contributed by atoms with Crippen molar-refractivity contribution in [2.45, 2.75) is 6.54 Å². The molecule has 154 valence electrons. The summed E-state index contributed by atoms with van der Waals surface area (Å²) in [6.07, 6.45) is 3.65. The Morgan fingerprint density at radius 1 is 0.871 bits per heavy atom. The number of pyridine rings is 1. The van der Waals surface area contributed by atoms with Crippen molar-refractivity contribution in [2.75, 3.05) is 0 Å². The third-order valence-electron chi connectivity index (χ3n) is 4.72. The molecule has 2 aromatic carbocycles. The highest BCUT2D eigenvalue weighted by molar-refractivity contribution is 6.36. The first-order valence-corrected chi connectivity index (χ1v) is 10.3. The van der Waals surface area contributed by atoms with Gasteiger partial charge in [0.25, 0.3) is 0 Å². The summed E-state index contributed by atoms with van der Waals surface area (Å²) in [5.74, 6) is 0.375. The van der Waals surface area contributed by atoms with E-state index in [-0.39, 0.29) is 16.4 Å². The third kappa shape index (κ3) is 3.90. The van der Waals surface area contributed by atoms with Gasteiger partial charge < -0.3 is 9.09 Å². The fraction of sp³-hybridized carbons (Fsp3) is 0.0455. The molecule has 0 amide bonds. The summed E-state index contributed by atoms with van der Waals surface area (Å²) < 4.78 is 21.7. The molecule has 9 heteroatoms. The predicted octanol–water partition coefficient (Wildman–Crippen LogP) is 6.85. The molecule has 2 aliphatic heterocycles. The maximum Gasteiger partial charge on any atom is 0.163 e. The quantitative estimate of drug-likeness (QED) is 0.286. The van der Waals surface area contributed by atoms with Gasteiger partial charge in [-0.25, -0.2) is 14.4 Å². The zero-order chi connectivity index (χ0) is 21.5. The van der Waals surface area contributed by atoms with Crippen molar-refractivity contribution >= 4 is 34.8 Å². The fourth-order valence-electron chi connectivity index (χ4n) is 3.24. The molecule has 0 aliphatic carbocycles. The van der Waals surface area contributed by atoms with E-state index >= 15 is 0 Å². The van der Waals surface area contributed by atoms with Crippen molar-refractivity contribution in [3.8, 4) is 34.0 Å². The molecule has 0 saturated carbocycles. The summed E-state index contributed by atoms with van der Waals surface area (Å²) >= 11 is 18.1. The van der Waals surface area contributed by atoms with E-state index in [0.29, 0.717) is 39.4 Å². The van der Waals surface area contributed by atoms with Crippen LogP contribution in [0.3, 0.4) is 0 Å². The van der Waals surface area contributed by atoms with Crippen LogP contribution in [0.25, 0.3) is 34.0 Å². The van der Waals surface area contributed by atoms with Crippen LogP contribution in [0.2, 0.25) is 15.1 Å². The van der Waals surface area contributed by atoms with Gasteiger partial charge in [-0.05, 0) is 36.4 Å². The number of benzene rings is 2. The zero-order valence-corrected chi connectivity index (χ0v) is 18.0. The predicted molar refractivity (Wildman–Crippen MR) is 118 cm³/mol. The minimum atomic E-state index is -0.539. The Hall–Kier alpha value is -2.93. The van der Waals surface area contributed by atoms with Crippen molar-refractivity contribution < 1.29 is 8.91 Å². The molecule has 1 aromatic heterocycles. The highest BCUT2D eigenvalue weighted by atomic mass is 35.5. The number of hydrogen-bond donors (Lipinski definition) is 0. The van der Waals surface area contributed by atoms with Gasteiger partial charge in [0, 0.05) is 29.0 Å². The van der Waals surface area contributed by atoms with Crippen LogP contribution in [0.4, 0.5) is 4.39 Å². The van der Waals surface area contributed by atoms with E-state index in [0.717, 1.165) is 5.56 Å². The normalized spacial score (nSPS) is 11.4. The molecule has 0 N–H and O–H groups in total. The van der Waals surface area contributed by atoms with Crippen LogP contribution in [-0.4, -0.2) is 19.7 Å². The average molecular weight is 474 g/mol. The highest BCUT2D eigenvalue weighted by Crippen LogP contribution is 2.31. The molecular formula is C22H12Cl3FN4O. The Labute approximate surface area is 191 Å². The van der Waals surface area contributed by atoms with Gasteiger partial charge in [0.05, 0.1) is 27.8 Å². The van der Waals surface area contributed by atoms with Crippen molar-refractivity contribution in [2.24, 2.45) is 0 Å². The van der Waals surface area contributed by atoms with E-state index in [4.69, 9.17) is 39.3 Å². The molecule has 0 atom stereocenters. The molecule has 0 bridgehead atoms. The van der Waals surface area contributed by atoms with Gasteiger partial charge in [-0.3, -0.25) is 0 Å². The van der Waals surface area contributed by atoms with Crippen LogP contribution in [0.1, 0.15) is 5.76 Å². The Kier molecular flexibility index (Phi) is 5.14. The number of fused-ring (bicyclic) bond motifs is 1. The van der Waals surface area contributed by atoms with Gasteiger partial charge >= 0.3 is 0 Å². The van der Waals surface area contributed by atoms with Gasteiger partial charge in [-0.2, -0.15) is 0 Å². The average Bonchev–Trinajstić information content (AvgIpc) is 3.37. The summed E-state index contributed by atoms with van der Waals surface area (Å²) in [6.45, 7) is 0.419. The lowest BCUT2D eigenvalue weighted by molar-refractivity contribution is 0.378. The Morgan fingerprint density at radius 2 is 1.71 bits per heavy atom. The fourth-order valence-corrected chi connectivity index (χ4v) is 3.92. The molecule has 0 unspecified atom stereocenters. The Morgan fingerprint density at radius 3 is 2.55 bits per heavy atom. The van der Waals surface area contributed by atoms with Crippen LogP contribution in [0, 0.1) is 5.82 Å². The number of halogens is 4. The van der Waals surface area contributed by atoms with Crippen LogP contribution in [0.5, 0.6) is 0 Å². The lowest BCUT2D eigenvalue weighted by Gasteiger charge is -2.04. The lowest BCUT2D eigenvalue weighted by atomic mass is 10.1. The molecule has 0 radical (unpaired) electrons. The number of imidazole rings is 1. The van der Waals surface area contributed by atoms with Gasteiger partial charge in [0.15, 0.2) is 17.4 Å². The van der Waals surface area contributed by atoms with Crippen LogP contribution in [-0.2, 0) is 6.54 Å². The molecule has 5 rings (SSSR count). The molecule has 0 spiro atoms. The van der Waals surface area contributed by atoms with Gasteiger partial charge in [-0.1, -0.05) is 46.0 Å². The van der Waals surface area contributed by atoms with Gasteiger partial charge in [0.1, 0.15) is 11.4 Å². The Balaban J connectivity index is 1.42. The molecule has 2 aliphatic rings. The first kappa shape index (κ1) is 20.0. The molecule has 0 fully saturated rings. The smallest absolute Gasteiger partial charge is 0.163 e. The second-order valence-electron chi connectivity index (χ2n) is 6.84. The minimum absolute atomic E-state index is 0.0309. The summed E-state index contributed by atoms with van der Waals surface area (Å²) in [5, 5.41) is 5.17. The maximum atomic E-state index is 14.3. The van der Waals surface area contributed by atoms with Gasteiger partial charge in [0.2, 0.25) is 0 Å². The van der Waals surface area contributed by atoms with E-state index in [9.17, 15) is 4.39 Å². The number of hydrogen-bond acceptors (Lipinski definition) is 4. The van der Waals surface area contributed by atoms with E-state index in [2.05, 4.69) is 15.1 Å². The molecule has 0 saturated heterocycles. The number of nitrogens with zero attached hydrogens (tertiary/aromatic N) is 4. The van der Waals surface area contributed by atoms with Crippen LogP contribution < -0.4 is 0 Å². The first-order valence-electron chi connectivity index (χ1n) is 9.17. The van der Waals surface area contributed by atoms with Crippen molar-refractivity contribution in [1.82, 2.24) is 19.7 Å². The lowest BCUT2D eigenvalue weighted by Crippen LogP contribution is -1.99. The van der Waals surface area contributed by atoms with Crippen molar-refractivity contribution in [3.63, 3.8) is 0 Å². The maximum absolute atomic E-state index is 14.3. The molecular weight excluding hydrogens is 462 g/mol. The first-order chi connectivity index (χ1) is 15.0. The number of rotatable bonds is 4. The summed E-state index contributed by atoms with van der Waals surface area (Å²) in [4.78, 5) is 8.86. The summed E-state index contributed by atoms with van der Waals surface area (Å²) in [7, 11) is 0. The third-order valence-corrected chi connectivity index (χ3v) is 5.56. The van der Waals surface area contributed by atoms with E-state index < -0.39 is 5.82 Å². The topological polar surface area (TPSA) is 56.7 Å². The SMILES string of the molecule is Fc1c(Cl)cccc1-c1nc2ccn(Cc3cc(-c4ccc(Cl)cc4Cl)no3)cc-2n1. The standard InChI is InChI=1S/C22H12Cl3FN4O/c23-12-4-5-14(17(25)8-12)19-9-13(31-29-19)10-30-7-6-18-20(11-30)28-22(27-18)15-2-1-3-16(24)21(15)26/h1-9,11H,10H2. The van der Waals surface area contributed by atoms with Crippen LogP contribution in [0.15, 0.2) is 65.4 Å². The van der Waals surface area contributed by atoms with E-state index in [1.807, 2.05) is 29.1 Å². The molecule has 31 heavy (non-hydrogen) atoms. The molecule has 3 heterocycles. The van der Waals surface area contributed by atoms with Crippen molar-refractivity contribution in [3.05, 3.63) is 87.6 Å². The monoisotopic (exact) mass is 472 g/mol. The molecule has 3 aromatic rings. The second-order valence-corrected chi connectivity index (χ2v) is 8.09. The van der Waals surface area contributed by atoms with E-state index in [1.54, 1.807) is 30.3 Å². The Bertz CT molecular complexity index is 1380. The second kappa shape index (κ2) is 7.96.